The van der Waals surface area contributed by atoms with Crippen LogP contribution in [0.25, 0.3) is 0 Å². The van der Waals surface area contributed by atoms with Crippen molar-refractivity contribution in [1.29, 1.82) is 0 Å². The Morgan fingerprint density at radius 1 is 1.60 bits per heavy atom. The first-order valence-corrected chi connectivity index (χ1v) is 5.90. The van der Waals surface area contributed by atoms with E-state index in [1.54, 1.807) is 11.8 Å². The number of carbonyl (C=O) groups is 2. The van der Waals surface area contributed by atoms with Crippen molar-refractivity contribution in [2.24, 2.45) is 0 Å². The van der Waals surface area contributed by atoms with E-state index in [0.29, 0.717) is 11.9 Å². The Morgan fingerprint density at radius 2 is 2.33 bits per heavy atom. The third kappa shape index (κ3) is 4.09. The van der Waals surface area contributed by atoms with Gasteiger partial charge < -0.3 is 10.1 Å². The highest BCUT2D eigenvalue weighted by molar-refractivity contribution is 8.00. The minimum absolute atomic E-state index is 0.0456. The third-order valence-corrected chi connectivity index (χ3v) is 3.28. The molecule has 0 spiro atoms. The Morgan fingerprint density at radius 3 is 2.87 bits per heavy atom. The van der Waals surface area contributed by atoms with Gasteiger partial charge in [-0.15, -0.1) is 11.8 Å². The number of hydrogen-bond donors (Lipinski definition) is 2. The molecule has 1 aliphatic heterocycles. The molecular formula is C9H16N2O3S. The summed E-state index contributed by atoms with van der Waals surface area (Å²) >= 11 is 1.71. The van der Waals surface area contributed by atoms with E-state index >= 15 is 0 Å². The minimum atomic E-state index is -0.308. The number of carbonyl (C=O) groups excluding carboxylic acids is 2. The van der Waals surface area contributed by atoms with Crippen LogP contribution in [0.15, 0.2) is 0 Å². The lowest BCUT2D eigenvalue weighted by molar-refractivity contribution is -0.140. The first-order valence-electron chi connectivity index (χ1n) is 4.85. The minimum Gasteiger partial charge on any atom is -0.469 e. The molecule has 0 aromatic carbocycles. The fraction of sp³-hybridized carbons (Fsp3) is 0.778. The van der Waals surface area contributed by atoms with Gasteiger partial charge in [0.25, 0.3) is 0 Å². The number of thioether (sulfide) groups is 1. The van der Waals surface area contributed by atoms with Gasteiger partial charge in [-0.25, -0.2) is 0 Å². The monoisotopic (exact) mass is 232 g/mol. The molecular weight excluding hydrogens is 216 g/mol. The van der Waals surface area contributed by atoms with Crippen LogP contribution < -0.4 is 10.6 Å². The Bertz CT molecular complexity index is 248. The SMILES string of the molecule is COC(=O)CCNC(=O)[C@H]1CS[C@H](C)N1. The number of ether oxygens (including phenoxy) is 1. The molecule has 2 N–H and O–H groups in total. The van der Waals surface area contributed by atoms with Crippen LogP contribution in [-0.4, -0.2) is 42.7 Å². The van der Waals surface area contributed by atoms with Crippen molar-refractivity contribution in [2.45, 2.75) is 24.8 Å². The Hall–Kier alpha value is -0.750. The lowest BCUT2D eigenvalue weighted by Crippen LogP contribution is -2.44. The summed E-state index contributed by atoms with van der Waals surface area (Å²) in [6.07, 6.45) is 0.220. The summed E-state index contributed by atoms with van der Waals surface area (Å²) in [7, 11) is 1.33. The largest absolute Gasteiger partial charge is 0.469 e. The molecule has 0 unspecified atom stereocenters. The van der Waals surface area contributed by atoms with Crippen molar-refractivity contribution >= 4 is 23.6 Å². The molecule has 1 heterocycles. The van der Waals surface area contributed by atoms with Crippen LogP contribution in [-0.2, 0) is 14.3 Å². The van der Waals surface area contributed by atoms with Crippen molar-refractivity contribution in [3.63, 3.8) is 0 Å². The maximum Gasteiger partial charge on any atom is 0.307 e. The first kappa shape index (κ1) is 12.3. The van der Waals surface area contributed by atoms with Crippen molar-refractivity contribution < 1.29 is 14.3 Å². The van der Waals surface area contributed by atoms with Crippen molar-refractivity contribution in [1.82, 2.24) is 10.6 Å². The highest BCUT2D eigenvalue weighted by Crippen LogP contribution is 2.17. The number of methoxy groups -OCH3 is 1. The lowest BCUT2D eigenvalue weighted by Gasteiger charge is -2.10. The topological polar surface area (TPSA) is 67.4 Å². The van der Waals surface area contributed by atoms with Gasteiger partial charge in [0.1, 0.15) is 0 Å². The highest BCUT2D eigenvalue weighted by atomic mass is 32.2. The number of hydrogen-bond acceptors (Lipinski definition) is 5. The second kappa shape index (κ2) is 5.97. The van der Waals surface area contributed by atoms with Crippen molar-refractivity contribution in [2.75, 3.05) is 19.4 Å². The van der Waals surface area contributed by atoms with Gasteiger partial charge in [-0.05, 0) is 6.92 Å². The summed E-state index contributed by atoms with van der Waals surface area (Å²) in [5.41, 5.74) is 0. The molecule has 1 rings (SSSR count). The Labute approximate surface area is 93.3 Å². The van der Waals surface area contributed by atoms with E-state index in [2.05, 4.69) is 15.4 Å². The Balaban J connectivity index is 2.16. The van der Waals surface area contributed by atoms with E-state index in [9.17, 15) is 9.59 Å². The van der Waals surface area contributed by atoms with Crippen LogP contribution in [0.4, 0.5) is 0 Å². The molecule has 2 atom stereocenters. The molecule has 0 aromatic heterocycles. The van der Waals surface area contributed by atoms with E-state index in [0.717, 1.165) is 5.75 Å². The zero-order chi connectivity index (χ0) is 11.3. The highest BCUT2D eigenvalue weighted by Gasteiger charge is 2.26. The molecule has 0 bridgehead atoms. The first-order chi connectivity index (χ1) is 7.13. The third-order valence-electron chi connectivity index (χ3n) is 2.12. The summed E-state index contributed by atoms with van der Waals surface area (Å²) in [6, 6.07) is -0.136. The van der Waals surface area contributed by atoms with Gasteiger partial charge in [0.15, 0.2) is 0 Å². The Kier molecular flexibility index (Phi) is 4.90. The number of rotatable bonds is 4. The standard InChI is InChI=1S/C9H16N2O3S/c1-6-11-7(5-15-6)9(13)10-4-3-8(12)14-2/h6-7,11H,3-5H2,1-2H3,(H,10,13)/t6-,7-/m1/s1. The van der Waals surface area contributed by atoms with Gasteiger partial charge in [-0.3, -0.25) is 14.9 Å². The van der Waals surface area contributed by atoms with E-state index in [4.69, 9.17) is 0 Å². The van der Waals surface area contributed by atoms with Gasteiger partial charge in [0, 0.05) is 12.3 Å². The molecule has 5 nitrogen and oxygen atoms in total. The fourth-order valence-corrected chi connectivity index (χ4v) is 2.27. The van der Waals surface area contributed by atoms with Crippen LogP contribution in [0.3, 0.4) is 0 Å². The second-order valence-electron chi connectivity index (χ2n) is 3.31. The van der Waals surface area contributed by atoms with Crippen molar-refractivity contribution in [3.8, 4) is 0 Å². The van der Waals surface area contributed by atoms with Crippen LogP contribution in [0.2, 0.25) is 0 Å². The molecule has 15 heavy (non-hydrogen) atoms. The van der Waals surface area contributed by atoms with Gasteiger partial charge in [-0.2, -0.15) is 0 Å². The molecule has 1 amide bonds. The summed E-state index contributed by atoms with van der Waals surface area (Å²) < 4.78 is 4.46. The summed E-state index contributed by atoms with van der Waals surface area (Å²) in [4.78, 5) is 22.3. The summed E-state index contributed by atoms with van der Waals surface area (Å²) in [6.45, 7) is 2.36. The van der Waals surface area contributed by atoms with Crippen LogP contribution in [0.5, 0.6) is 0 Å². The van der Waals surface area contributed by atoms with Gasteiger partial charge in [-0.1, -0.05) is 0 Å². The molecule has 0 radical (unpaired) electrons. The molecule has 0 aliphatic carbocycles. The predicted octanol–water partition coefficient (Wildman–Crippen LogP) is -0.283. The van der Waals surface area contributed by atoms with Crippen LogP contribution in [0, 0.1) is 0 Å². The average Bonchev–Trinajstić information content (AvgIpc) is 2.64. The van der Waals surface area contributed by atoms with E-state index in [1.807, 2.05) is 6.92 Å². The van der Waals surface area contributed by atoms with Gasteiger partial charge >= 0.3 is 5.97 Å². The van der Waals surface area contributed by atoms with Crippen molar-refractivity contribution in [3.05, 3.63) is 0 Å². The number of esters is 1. The molecule has 1 aliphatic rings. The van der Waals surface area contributed by atoms with Gasteiger partial charge in [0.2, 0.25) is 5.91 Å². The van der Waals surface area contributed by atoms with Crippen LogP contribution in [0.1, 0.15) is 13.3 Å². The van der Waals surface area contributed by atoms with E-state index in [1.165, 1.54) is 7.11 Å². The fourth-order valence-electron chi connectivity index (χ4n) is 1.28. The predicted molar refractivity (Wildman–Crippen MR) is 58.5 cm³/mol. The zero-order valence-corrected chi connectivity index (χ0v) is 9.73. The summed E-state index contributed by atoms with van der Waals surface area (Å²) in [5.74, 6) is 0.429. The maximum absolute atomic E-state index is 11.5. The van der Waals surface area contributed by atoms with E-state index < -0.39 is 0 Å². The molecule has 6 heteroatoms. The second-order valence-corrected chi connectivity index (χ2v) is 4.69. The molecule has 0 aromatic rings. The molecule has 86 valence electrons. The van der Waals surface area contributed by atoms with Crippen LogP contribution >= 0.6 is 11.8 Å². The van der Waals surface area contributed by atoms with E-state index in [-0.39, 0.29) is 24.3 Å². The molecule has 1 saturated heterocycles. The van der Waals surface area contributed by atoms with Gasteiger partial charge in [0.05, 0.1) is 24.9 Å². The lowest BCUT2D eigenvalue weighted by atomic mass is 10.3. The zero-order valence-electron chi connectivity index (χ0n) is 8.91. The quantitative estimate of drug-likeness (QED) is 0.652. The average molecular weight is 232 g/mol. The smallest absolute Gasteiger partial charge is 0.307 e. The number of nitrogens with one attached hydrogen (secondary N) is 2. The summed E-state index contributed by atoms with van der Waals surface area (Å²) in [5, 5.41) is 6.16. The molecule has 1 fully saturated rings. The normalized spacial score (nSPS) is 24.9. The molecule has 0 saturated carbocycles. The maximum atomic E-state index is 11.5. The number of amides is 1.